The number of hydrogen-bond acceptors (Lipinski definition) is 4. The van der Waals surface area contributed by atoms with E-state index in [1.165, 1.54) is 11.3 Å². The van der Waals surface area contributed by atoms with Gasteiger partial charge in [-0.1, -0.05) is 32.0 Å². The van der Waals surface area contributed by atoms with E-state index in [1.54, 1.807) is 30.7 Å². The van der Waals surface area contributed by atoms with Gasteiger partial charge in [0.25, 0.3) is 5.91 Å². The smallest absolute Gasteiger partial charge is 0.271 e. The van der Waals surface area contributed by atoms with Crippen LogP contribution in [0.15, 0.2) is 65.7 Å². The second-order valence-corrected chi connectivity index (χ2v) is 6.21. The molecular formula is C19H20N4O. The molecule has 1 aromatic heterocycles. The largest absolute Gasteiger partial charge is 0.347 e. The molecule has 2 heterocycles. The number of aromatic nitrogens is 1. The lowest BCUT2D eigenvalue weighted by atomic mass is 9.84. The summed E-state index contributed by atoms with van der Waals surface area (Å²) in [6.45, 7) is 4.37. The Hall–Kier alpha value is -2.95. The molecule has 0 saturated heterocycles. The summed E-state index contributed by atoms with van der Waals surface area (Å²) in [6.07, 6.45) is 6.72. The lowest BCUT2D eigenvalue weighted by Crippen LogP contribution is -2.23. The van der Waals surface area contributed by atoms with E-state index in [0.29, 0.717) is 5.56 Å². The van der Waals surface area contributed by atoms with Gasteiger partial charge in [0.1, 0.15) is 0 Å². The number of fused-ring (bicyclic) bond motifs is 1. The zero-order valence-electron chi connectivity index (χ0n) is 14.0. The van der Waals surface area contributed by atoms with Crippen LogP contribution in [-0.2, 0) is 5.41 Å². The predicted molar refractivity (Wildman–Crippen MR) is 96.1 cm³/mol. The molecule has 24 heavy (non-hydrogen) atoms. The number of allylic oxidation sites excluding steroid dienone is 2. The highest BCUT2D eigenvalue weighted by atomic mass is 16.2. The van der Waals surface area contributed by atoms with E-state index >= 15 is 0 Å². The van der Waals surface area contributed by atoms with Gasteiger partial charge in [-0.05, 0) is 29.8 Å². The van der Waals surface area contributed by atoms with Gasteiger partial charge in [0.2, 0.25) is 0 Å². The molecule has 122 valence electrons. The second kappa shape index (κ2) is 6.28. The van der Waals surface area contributed by atoms with Crippen LogP contribution < -0.4 is 10.3 Å². The molecule has 0 radical (unpaired) electrons. The van der Waals surface area contributed by atoms with Crippen molar-refractivity contribution in [3.8, 4) is 0 Å². The van der Waals surface area contributed by atoms with Crippen LogP contribution in [0.25, 0.3) is 0 Å². The highest BCUT2D eigenvalue weighted by Gasteiger charge is 2.37. The summed E-state index contributed by atoms with van der Waals surface area (Å²) >= 11 is 0. The first kappa shape index (κ1) is 15.9. The predicted octanol–water partition coefficient (Wildman–Crippen LogP) is 3.11. The molecule has 0 fully saturated rings. The van der Waals surface area contributed by atoms with Crippen molar-refractivity contribution in [3.63, 3.8) is 0 Å². The molecule has 1 amide bonds. The Bertz CT molecular complexity index is 809. The second-order valence-electron chi connectivity index (χ2n) is 6.21. The summed E-state index contributed by atoms with van der Waals surface area (Å²) < 4.78 is 0. The molecule has 5 nitrogen and oxygen atoms in total. The first-order chi connectivity index (χ1) is 11.5. The Morgan fingerprint density at radius 1 is 1.21 bits per heavy atom. The standard InChI is InChI=1S/C19H20N4O/c1-19(2)15-6-4-5-7-16(15)23(3)17(19)10-13-21-22-18(24)14-8-11-20-12-9-14/h4-13H,1-3H3,(H,22,24)/b17-10-,21-13?. The number of amides is 1. The van der Waals surface area contributed by atoms with E-state index in [1.807, 2.05) is 19.2 Å². The van der Waals surface area contributed by atoms with Crippen molar-refractivity contribution in [1.29, 1.82) is 0 Å². The van der Waals surface area contributed by atoms with E-state index in [-0.39, 0.29) is 11.3 Å². The molecule has 0 saturated carbocycles. The van der Waals surface area contributed by atoms with E-state index in [4.69, 9.17) is 0 Å². The monoisotopic (exact) mass is 320 g/mol. The molecule has 3 rings (SSSR count). The van der Waals surface area contributed by atoms with Crippen LogP contribution in [-0.4, -0.2) is 24.2 Å². The Kier molecular flexibility index (Phi) is 4.16. The number of benzene rings is 1. The van der Waals surface area contributed by atoms with Crippen molar-refractivity contribution in [1.82, 2.24) is 10.4 Å². The zero-order chi connectivity index (χ0) is 17.2. The number of likely N-dealkylation sites (N-methyl/N-ethyl adjacent to an activating group) is 1. The van der Waals surface area contributed by atoms with Crippen LogP contribution >= 0.6 is 0 Å². The lowest BCUT2D eigenvalue weighted by molar-refractivity contribution is 0.0955. The average molecular weight is 320 g/mol. The number of carbonyl (C=O) groups excluding carboxylic acids is 1. The molecule has 0 atom stereocenters. The van der Waals surface area contributed by atoms with Gasteiger partial charge < -0.3 is 4.90 Å². The SMILES string of the molecule is CN1/C(=C\C=NNC(=O)c2ccncc2)C(C)(C)c2ccccc21. The van der Waals surface area contributed by atoms with Crippen LogP contribution in [0.1, 0.15) is 29.8 Å². The molecular weight excluding hydrogens is 300 g/mol. The van der Waals surface area contributed by atoms with Gasteiger partial charge >= 0.3 is 0 Å². The Labute approximate surface area is 141 Å². The van der Waals surface area contributed by atoms with Gasteiger partial charge in [0.05, 0.1) is 0 Å². The van der Waals surface area contributed by atoms with Gasteiger partial charge in [-0.25, -0.2) is 5.43 Å². The van der Waals surface area contributed by atoms with Crippen LogP contribution in [0, 0.1) is 0 Å². The first-order valence-electron chi connectivity index (χ1n) is 7.79. The minimum absolute atomic E-state index is 0.105. The lowest BCUT2D eigenvalue weighted by Gasteiger charge is -2.23. The molecule has 1 aromatic carbocycles. The van der Waals surface area contributed by atoms with Gasteiger partial charge in [-0.2, -0.15) is 5.10 Å². The third kappa shape index (κ3) is 2.80. The maximum Gasteiger partial charge on any atom is 0.271 e. The summed E-state index contributed by atoms with van der Waals surface area (Å²) in [5.74, 6) is -0.255. The summed E-state index contributed by atoms with van der Waals surface area (Å²) in [7, 11) is 2.04. The number of pyridine rings is 1. The summed E-state index contributed by atoms with van der Waals surface area (Å²) in [5.41, 5.74) is 6.56. The maximum atomic E-state index is 11.9. The van der Waals surface area contributed by atoms with Crippen molar-refractivity contribution in [2.75, 3.05) is 11.9 Å². The molecule has 0 aliphatic carbocycles. The fourth-order valence-corrected chi connectivity index (χ4v) is 3.07. The van der Waals surface area contributed by atoms with Crippen LogP contribution in [0.5, 0.6) is 0 Å². The Morgan fingerprint density at radius 2 is 1.92 bits per heavy atom. The number of anilines is 1. The quantitative estimate of drug-likeness (QED) is 0.698. The number of hydrogen-bond donors (Lipinski definition) is 1. The van der Waals surface area contributed by atoms with Crippen molar-refractivity contribution in [2.45, 2.75) is 19.3 Å². The van der Waals surface area contributed by atoms with E-state index in [2.05, 4.69) is 52.5 Å². The van der Waals surface area contributed by atoms with Crippen LogP contribution in [0.4, 0.5) is 5.69 Å². The Balaban J connectivity index is 1.74. The molecule has 0 unspecified atom stereocenters. The molecule has 0 bridgehead atoms. The van der Waals surface area contributed by atoms with E-state index < -0.39 is 0 Å². The fourth-order valence-electron chi connectivity index (χ4n) is 3.07. The molecule has 5 heteroatoms. The van der Waals surface area contributed by atoms with Crippen molar-refractivity contribution >= 4 is 17.8 Å². The van der Waals surface area contributed by atoms with E-state index in [0.717, 1.165) is 5.70 Å². The van der Waals surface area contributed by atoms with E-state index in [9.17, 15) is 4.79 Å². The molecule has 1 aliphatic heterocycles. The minimum Gasteiger partial charge on any atom is -0.347 e. The summed E-state index contributed by atoms with van der Waals surface area (Å²) in [5, 5.41) is 4.03. The number of hydrazone groups is 1. The zero-order valence-corrected chi connectivity index (χ0v) is 14.0. The third-order valence-corrected chi connectivity index (χ3v) is 4.36. The number of nitrogens with zero attached hydrogens (tertiary/aromatic N) is 3. The molecule has 2 aromatic rings. The maximum absolute atomic E-state index is 11.9. The number of rotatable bonds is 3. The highest BCUT2D eigenvalue weighted by molar-refractivity contribution is 5.94. The highest BCUT2D eigenvalue weighted by Crippen LogP contribution is 2.46. The fraction of sp³-hybridized carbons (Fsp3) is 0.211. The summed E-state index contributed by atoms with van der Waals surface area (Å²) in [6, 6.07) is 11.6. The molecule has 1 N–H and O–H groups in total. The van der Waals surface area contributed by atoms with Gasteiger partial charge in [0.15, 0.2) is 0 Å². The topological polar surface area (TPSA) is 57.6 Å². The van der Waals surface area contributed by atoms with Crippen LogP contribution in [0.2, 0.25) is 0 Å². The van der Waals surface area contributed by atoms with Gasteiger partial charge in [0, 0.05) is 48.0 Å². The number of carbonyl (C=O) groups is 1. The van der Waals surface area contributed by atoms with Crippen molar-refractivity contribution in [2.24, 2.45) is 5.10 Å². The van der Waals surface area contributed by atoms with Gasteiger partial charge in [-0.15, -0.1) is 0 Å². The normalized spacial score (nSPS) is 17.3. The average Bonchev–Trinajstić information content (AvgIpc) is 2.80. The molecule has 0 spiro atoms. The molecule has 1 aliphatic rings. The summed E-state index contributed by atoms with van der Waals surface area (Å²) in [4.78, 5) is 18.0. The van der Waals surface area contributed by atoms with Gasteiger partial charge in [-0.3, -0.25) is 9.78 Å². The van der Waals surface area contributed by atoms with Crippen molar-refractivity contribution in [3.05, 3.63) is 71.7 Å². The Morgan fingerprint density at radius 3 is 2.62 bits per heavy atom. The number of nitrogens with one attached hydrogen (secondary N) is 1. The number of para-hydroxylation sites is 1. The first-order valence-corrected chi connectivity index (χ1v) is 7.79. The third-order valence-electron chi connectivity index (χ3n) is 4.36. The van der Waals surface area contributed by atoms with Crippen LogP contribution in [0.3, 0.4) is 0 Å². The minimum atomic E-state index is -0.255. The van der Waals surface area contributed by atoms with Crippen molar-refractivity contribution < 1.29 is 4.79 Å².